The van der Waals surface area contributed by atoms with Gasteiger partial charge < -0.3 is 10.1 Å². The summed E-state index contributed by atoms with van der Waals surface area (Å²) in [5.41, 5.74) is 2.73. The summed E-state index contributed by atoms with van der Waals surface area (Å²) >= 11 is 1.22. The zero-order valence-corrected chi connectivity index (χ0v) is 18.8. The van der Waals surface area contributed by atoms with Crippen LogP contribution in [0.2, 0.25) is 0 Å². The fraction of sp³-hybridized carbons (Fsp3) is 0.208. The van der Waals surface area contributed by atoms with E-state index in [0.29, 0.717) is 51.1 Å². The van der Waals surface area contributed by atoms with E-state index >= 15 is 0 Å². The summed E-state index contributed by atoms with van der Waals surface area (Å²) in [7, 11) is 0. The summed E-state index contributed by atoms with van der Waals surface area (Å²) < 4.78 is 19.1. The van der Waals surface area contributed by atoms with Crippen LogP contribution in [-0.4, -0.2) is 33.7 Å². The Bertz CT molecular complexity index is 1330. The van der Waals surface area contributed by atoms with Gasteiger partial charge in [0.2, 0.25) is 0 Å². The lowest BCUT2D eigenvalue weighted by atomic mass is 10.1. The molecule has 7 nitrogen and oxygen atoms in total. The van der Waals surface area contributed by atoms with Crippen molar-refractivity contribution in [2.45, 2.75) is 26.4 Å². The van der Waals surface area contributed by atoms with Crippen molar-refractivity contribution in [1.82, 2.24) is 15.3 Å². The lowest BCUT2D eigenvalue weighted by Crippen LogP contribution is -2.20. The first-order chi connectivity index (χ1) is 15.9. The predicted octanol–water partition coefficient (Wildman–Crippen LogP) is 4.23. The quantitative estimate of drug-likeness (QED) is 0.552. The van der Waals surface area contributed by atoms with Gasteiger partial charge >= 0.3 is 0 Å². The van der Waals surface area contributed by atoms with Gasteiger partial charge in [-0.05, 0) is 67.9 Å². The Balaban J connectivity index is 1.55. The summed E-state index contributed by atoms with van der Waals surface area (Å²) in [6, 6.07) is 12.0. The highest BCUT2D eigenvalue weighted by atomic mass is 32.2. The number of halogens is 1. The number of aliphatic imine (C=N–C) groups is 1. The van der Waals surface area contributed by atoms with Gasteiger partial charge in [0, 0.05) is 12.7 Å². The summed E-state index contributed by atoms with van der Waals surface area (Å²) in [6.45, 7) is 4.16. The molecule has 1 amide bonds. The molecule has 166 valence electrons. The van der Waals surface area contributed by atoms with Crippen molar-refractivity contribution in [2.75, 3.05) is 6.54 Å². The minimum absolute atomic E-state index is 0.145. The van der Waals surface area contributed by atoms with Gasteiger partial charge in [-0.3, -0.25) is 14.8 Å². The van der Waals surface area contributed by atoms with Gasteiger partial charge in [-0.25, -0.2) is 9.37 Å². The Morgan fingerprint density at radius 2 is 2.18 bits per heavy atom. The topological polar surface area (TPSA) is 100 Å². The van der Waals surface area contributed by atoms with Crippen molar-refractivity contribution >= 4 is 39.9 Å². The number of rotatable bonds is 6. The van der Waals surface area contributed by atoms with Crippen molar-refractivity contribution in [3.63, 3.8) is 0 Å². The molecule has 2 aromatic heterocycles. The maximum absolute atomic E-state index is 13.3. The first kappa shape index (κ1) is 22.4. The van der Waals surface area contributed by atoms with E-state index < -0.39 is 0 Å². The molecule has 1 fully saturated rings. The van der Waals surface area contributed by atoms with Crippen molar-refractivity contribution in [3.05, 3.63) is 70.1 Å². The number of ether oxygens (including phenoxy) is 1. The number of pyridine rings is 2. The van der Waals surface area contributed by atoms with Crippen LogP contribution >= 0.6 is 11.8 Å². The van der Waals surface area contributed by atoms with Gasteiger partial charge in [-0.1, -0.05) is 12.1 Å². The minimum atomic E-state index is -0.282. The number of thioether (sulfide) groups is 1. The van der Waals surface area contributed by atoms with Crippen LogP contribution in [0.1, 0.15) is 30.7 Å². The molecule has 1 aromatic carbocycles. The second-order valence-electron chi connectivity index (χ2n) is 7.51. The van der Waals surface area contributed by atoms with E-state index in [1.807, 2.05) is 19.9 Å². The molecule has 33 heavy (non-hydrogen) atoms. The van der Waals surface area contributed by atoms with Gasteiger partial charge in [0.1, 0.15) is 23.0 Å². The molecule has 4 rings (SSSR count). The first-order valence-corrected chi connectivity index (χ1v) is 11.1. The van der Waals surface area contributed by atoms with Gasteiger partial charge in [0.25, 0.3) is 5.91 Å². The molecule has 0 saturated carbocycles. The Labute approximate surface area is 194 Å². The monoisotopic (exact) mass is 461 g/mol. The van der Waals surface area contributed by atoms with Crippen molar-refractivity contribution in [1.29, 1.82) is 5.26 Å². The fourth-order valence-corrected chi connectivity index (χ4v) is 4.02. The SMILES string of the molecule is CC(C)Oc1c(C#N)cnc2ccc(/C=C3\SC(=NCCc4cccc(F)c4)NC3=O)nc12. The Morgan fingerprint density at radius 3 is 2.94 bits per heavy atom. The maximum atomic E-state index is 13.3. The van der Waals surface area contributed by atoms with Crippen LogP contribution in [0, 0.1) is 17.1 Å². The highest BCUT2D eigenvalue weighted by Gasteiger charge is 2.24. The Kier molecular flexibility index (Phi) is 6.66. The molecule has 0 spiro atoms. The number of benzene rings is 1. The van der Waals surface area contributed by atoms with Crippen LogP contribution in [0.3, 0.4) is 0 Å². The normalized spacial score (nSPS) is 15.9. The summed E-state index contributed by atoms with van der Waals surface area (Å²) in [5.74, 6) is -0.175. The molecule has 1 aliphatic rings. The standard InChI is InChI=1S/C24H20FN5O2S/c1-14(2)32-22-16(12-26)13-28-19-7-6-18(29-21(19)22)11-20-23(31)30-24(33-20)27-9-8-15-4-3-5-17(25)10-15/h3-7,10-11,13-14H,8-9H2,1-2H3,(H,27,30,31)/b20-11-. The number of nitriles is 1. The van der Waals surface area contributed by atoms with Gasteiger partial charge in [-0.2, -0.15) is 5.26 Å². The second-order valence-corrected chi connectivity index (χ2v) is 8.55. The molecular formula is C24H20FN5O2S. The van der Waals surface area contributed by atoms with Crippen LogP contribution < -0.4 is 10.1 Å². The first-order valence-electron chi connectivity index (χ1n) is 10.3. The van der Waals surface area contributed by atoms with E-state index in [9.17, 15) is 14.4 Å². The van der Waals surface area contributed by atoms with Crippen molar-refractivity contribution < 1.29 is 13.9 Å². The van der Waals surface area contributed by atoms with Crippen LogP contribution in [0.25, 0.3) is 17.1 Å². The van der Waals surface area contributed by atoms with E-state index in [1.54, 1.807) is 24.3 Å². The van der Waals surface area contributed by atoms with E-state index in [-0.39, 0.29) is 17.8 Å². The van der Waals surface area contributed by atoms with Gasteiger partial charge in [0.15, 0.2) is 10.9 Å². The number of aromatic nitrogens is 2. The van der Waals surface area contributed by atoms with E-state index in [0.717, 1.165) is 5.56 Å². The molecule has 1 N–H and O–H groups in total. The molecule has 1 saturated heterocycles. The van der Waals surface area contributed by atoms with Crippen LogP contribution in [0.5, 0.6) is 5.75 Å². The van der Waals surface area contributed by atoms with Crippen LogP contribution in [0.4, 0.5) is 4.39 Å². The number of carbonyl (C=O) groups excluding carboxylic acids is 1. The lowest BCUT2D eigenvalue weighted by molar-refractivity contribution is -0.115. The van der Waals surface area contributed by atoms with E-state index in [1.165, 1.54) is 30.1 Å². The lowest BCUT2D eigenvalue weighted by Gasteiger charge is -2.13. The van der Waals surface area contributed by atoms with Crippen LogP contribution in [0.15, 0.2) is 52.5 Å². The summed E-state index contributed by atoms with van der Waals surface area (Å²) in [4.78, 5) is 26.1. The predicted molar refractivity (Wildman–Crippen MR) is 126 cm³/mol. The molecule has 3 heterocycles. The largest absolute Gasteiger partial charge is 0.487 e. The number of fused-ring (bicyclic) bond motifs is 1. The number of nitrogens with one attached hydrogen (secondary N) is 1. The number of hydrogen-bond donors (Lipinski definition) is 1. The molecule has 9 heteroatoms. The van der Waals surface area contributed by atoms with Crippen molar-refractivity contribution in [2.24, 2.45) is 4.99 Å². The van der Waals surface area contributed by atoms with Crippen molar-refractivity contribution in [3.8, 4) is 11.8 Å². The van der Waals surface area contributed by atoms with E-state index in [2.05, 4.69) is 26.3 Å². The minimum Gasteiger partial charge on any atom is -0.487 e. The second kappa shape index (κ2) is 9.79. The smallest absolute Gasteiger partial charge is 0.264 e. The number of hydrogen-bond acceptors (Lipinski definition) is 7. The average Bonchev–Trinajstić information content (AvgIpc) is 3.12. The highest BCUT2D eigenvalue weighted by Crippen LogP contribution is 2.30. The molecule has 0 radical (unpaired) electrons. The molecule has 3 aromatic rings. The summed E-state index contributed by atoms with van der Waals surface area (Å²) in [6.07, 6.45) is 3.55. The zero-order chi connectivity index (χ0) is 23.4. The molecular weight excluding hydrogens is 441 g/mol. The fourth-order valence-electron chi connectivity index (χ4n) is 3.19. The third-order valence-electron chi connectivity index (χ3n) is 4.64. The third kappa shape index (κ3) is 5.35. The Hall–Kier alpha value is -3.77. The number of amidine groups is 1. The van der Waals surface area contributed by atoms with Gasteiger partial charge in [-0.15, -0.1) is 0 Å². The van der Waals surface area contributed by atoms with Crippen LogP contribution in [-0.2, 0) is 11.2 Å². The average molecular weight is 462 g/mol. The number of carbonyl (C=O) groups is 1. The Morgan fingerprint density at radius 1 is 1.33 bits per heavy atom. The molecule has 0 bridgehead atoms. The zero-order valence-electron chi connectivity index (χ0n) is 18.0. The maximum Gasteiger partial charge on any atom is 0.264 e. The molecule has 0 unspecified atom stereocenters. The molecule has 1 aliphatic heterocycles. The number of nitrogens with zero attached hydrogens (tertiary/aromatic N) is 4. The number of amides is 1. The summed E-state index contributed by atoms with van der Waals surface area (Å²) in [5, 5.41) is 12.6. The van der Waals surface area contributed by atoms with Gasteiger partial charge in [0.05, 0.1) is 22.2 Å². The highest BCUT2D eigenvalue weighted by molar-refractivity contribution is 8.18. The third-order valence-corrected chi connectivity index (χ3v) is 5.58. The molecule has 0 aliphatic carbocycles. The van der Waals surface area contributed by atoms with E-state index in [4.69, 9.17) is 4.74 Å². The molecule has 0 atom stereocenters.